The van der Waals surface area contributed by atoms with E-state index < -0.39 is 10.1 Å². The minimum Gasteiger partial charge on any atom is -0.324 e. The van der Waals surface area contributed by atoms with Crippen LogP contribution in [0.15, 0.2) is 0 Å². The van der Waals surface area contributed by atoms with Crippen LogP contribution in [0.2, 0.25) is 0 Å². The summed E-state index contributed by atoms with van der Waals surface area (Å²) in [5.74, 6) is -0.0783. The van der Waals surface area contributed by atoms with Gasteiger partial charge in [-0.1, -0.05) is 387 Å². The zero-order valence-corrected chi connectivity index (χ0v) is 55.4. The standard InChI is InChI=1S/C73H149NO3S/c1-4-7-10-13-16-19-22-25-28-31-34-37-40-43-46-49-52-55-58-61-64-69-74(72-67-68-73-78(75,76)77,70-65-62-59-56-53-50-47-44-41-38-35-32-29-26-23-20-17-14-11-8-5-2)71-66-63-60-57-54-51-48-45-42-39-36-33-30-27-24-21-18-15-12-9-6-3/h4-73H2,1-3H3/p+1. The highest BCUT2D eigenvalue weighted by Crippen LogP contribution is 2.23. The van der Waals surface area contributed by atoms with Crippen molar-refractivity contribution in [3.8, 4) is 0 Å². The molecule has 0 fully saturated rings. The van der Waals surface area contributed by atoms with Crippen LogP contribution < -0.4 is 0 Å². The number of hydrogen-bond donors (Lipinski definition) is 1. The summed E-state index contributed by atoms with van der Waals surface area (Å²) < 4.78 is 34.2. The van der Waals surface area contributed by atoms with Crippen molar-refractivity contribution >= 4 is 10.1 Å². The average molecular weight is 1120 g/mol. The first-order valence-corrected chi connectivity index (χ1v) is 38.8. The van der Waals surface area contributed by atoms with Gasteiger partial charge in [-0.2, -0.15) is 8.42 Å². The summed E-state index contributed by atoms with van der Waals surface area (Å²) in [4.78, 5) is 0. The summed E-state index contributed by atoms with van der Waals surface area (Å²) in [6.07, 6.45) is 91.3. The lowest BCUT2D eigenvalue weighted by molar-refractivity contribution is -0.929. The van der Waals surface area contributed by atoms with E-state index in [1.807, 2.05) is 0 Å². The fourth-order valence-corrected chi connectivity index (χ4v) is 13.6. The van der Waals surface area contributed by atoms with Gasteiger partial charge in [-0.15, -0.1) is 0 Å². The van der Waals surface area contributed by atoms with E-state index in [2.05, 4.69) is 20.8 Å². The molecule has 0 aliphatic rings. The van der Waals surface area contributed by atoms with Crippen LogP contribution in [-0.2, 0) is 10.1 Å². The first kappa shape index (κ1) is 77.9. The van der Waals surface area contributed by atoms with Crippen LogP contribution >= 0.6 is 0 Å². The average Bonchev–Trinajstić information content (AvgIpc) is 3.43. The summed E-state index contributed by atoms with van der Waals surface area (Å²) in [7, 11) is -3.89. The lowest BCUT2D eigenvalue weighted by Crippen LogP contribution is -2.51. The van der Waals surface area contributed by atoms with Crippen LogP contribution in [0.25, 0.3) is 0 Å². The van der Waals surface area contributed by atoms with Crippen LogP contribution in [0, 0.1) is 0 Å². The maximum absolute atomic E-state index is 11.7. The highest BCUT2D eigenvalue weighted by molar-refractivity contribution is 7.85. The Kier molecular flexibility index (Phi) is 65.9. The first-order valence-electron chi connectivity index (χ1n) is 37.2. The molecule has 0 spiro atoms. The molecule has 470 valence electrons. The molecule has 1 N–H and O–H groups in total. The van der Waals surface area contributed by atoms with Crippen molar-refractivity contribution in [2.45, 2.75) is 438 Å². The molecule has 0 saturated carbocycles. The molecule has 5 heteroatoms. The molecule has 0 atom stereocenters. The van der Waals surface area contributed by atoms with Crippen LogP contribution in [-0.4, -0.2) is 49.4 Å². The normalized spacial score (nSPS) is 12.2. The Morgan fingerprint density at radius 3 is 0.436 bits per heavy atom. The first-order chi connectivity index (χ1) is 38.4. The largest absolute Gasteiger partial charge is 0.324 e. The Morgan fingerprint density at radius 1 is 0.192 bits per heavy atom. The summed E-state index contributed by atoms with van der Waals surface area (Å²) in [5.41, 5.74) is 0. The molecule has 78 heavy (non-hydrogen) atoms. The van der Waals surface area contributed by atoms with E-state index in [0.29, 0.717) is 6.42 Å². The Bertz CT molecular complexity index is 1080. The molecule has 0 amide bonds. The van der Waals surface area contributed by atoms with Crippen LogP contribution in [0.5, 0.6) is 0 Å². The highest BCUT2D eigenvalue weighted by Gasteiger charge is 2.26. The molecule has 0 aromatic rings. The molecular formula is C73H150NO3S+. The Labute approximate surface area is 495 Å². The van der Waals surface area contributed by atoms with Crippen molar-refractivity contribution in [1.29, 1.82) is 0 Å². The number of unbranched alkanes of at least 4 members (excludes halogenated alkanes) is 61. The molecule has 0 aromatic carbocycles. The van der Waals surface area contributed by atoms with Crippen LogP contribution in [0.1, 0.15) is 438 Å². The van der Waals surface area contributed by atoms with Crippen molar-refractivity contribution in [2.75, 3.05) is 31.9 Å². The maximum Gasteiger partial charge on any atom is 0.264 e. The van der Waals surface area contributed by atoms with Gasteiger partial charge in [0.05, 0.1) is 31.9 Å². The molecule has 0 saturated heterocycles. The fourth-order valence-electron chi connectivity index (χ4n) is 13.0. The van der Waals surface area contributed by atoms with Gasteiger partial charge in [0.2, 0.25) is 0 Å². The number of quaternary nitrogens is 1. The van der Waals surface area contributed by atoms with Gasteiger partial charge in [0.25, 0.3) is 10.1 Å². The van der Waals surface area contributed by atoms with E-state index in [-0.39, 0.29) is 5.75 Å². The monoisotopic (exact) mass is 1120 g/mol. The zero-order valence-electron chi connectivity index (χ0n) is 54.6. The third kappa shape index (κ3) is 65.0. The lowest BCUT2D eigenvalue weighted by Gasteiger charge is -2.39. The molecular weight excluding hydrogens is 971 g/mol. The maximum atomic E-state index is 11.7. The van der Waals surface area contributed by atoms with Gasteiger partial charge in [-0.3, -0.25) is 4.55 Å². The van der Waals surface area contributed by atoms with Gasteiger partial charge in [0.15, 0.2) is 0 Å². The third-order valence-electron chi connectivity index (χ3n) is 18.5. The number of nitrogens with zero attached hydrogens (tertiary/aromatic N) is 1. The zero-order chi connectivity index (χ0) is 56.5. The second-order valence-electron chi connectivity index (χ2n) is 26.4. The minimum absolute atomic E-state index is 0.0783. The Balaban J connectivity index is 4.65. The molecule has 0 rings (SSSR count). The van der Waals surface area contributed by atoms with Crippen LogP contribution in [0.4, 0.5) is 0 Å². The van der Waals surface area contributed by atoms with Gasteiger partial charge in [0, 0.05) is 0 Å². The van der Waals surface area contributed by atoms with E-state index in [1.54, 1.807) is 0 Å². The van der Waals surface area contributed by atoms with E-state index in [0.717, 1.165) is 13.0 Å². The molecule has 4 nitrogen and oxygen atoms in total. The fraction of sp³-hybridized carbons (Fsp3) is 1.00. The van der Waals surface area contributed by atoms with Crippen molar-refractivity contribution in [2.24, 2.45) is 0 Å². The molecule has 0 unspecified atom stereocenters. The molecule has 0 bridgehead atoms. The van der Waals surface area contributed by atoms with E-state index >= 15 is 0 Å². The highest BCUT2D eigenvalue weighted by atomic mass is 32.2. The van der Waals surface area contributed by atoms with E-state index in [9.17, 15) is 13.0 Å². The Morgan fingerprint density at radius 2 is 0.308 bits per heavy atom. The predicted octanol–water partition coefficient (Wildman–Crippen LogP) is 26.1. The lowest BCUT2D eigenvalue weighted by atomic mass is 10.0. The van der Waals surface area contributed by atoms with Gasteiger partial charge in [-0.25, -0.2) is 0 Å². The summed E-state index contributed by atoms with van der Waals surface area (Å²) in [6.45, 7) is 11.8. The van der Waals surface area contributed by atoms with Crippen molar-refractivity contribution in [3.63, 3.8) is 0 Å². The molecule has 0 aromatic heterocycles. The van der Waals surface area contributed by atoms with E-state index in [4.69, 9.17) is 0 Å². The van der Waals surface area contributed by atoms with Crippen molar-refractivity contribution in [1.82, 2.24) is 0 Å². The van der Waals surface area contributed by atoms with E-state index in [1.165, 1.54) is 429 Å². The predicted molar refractivity (Wildman–Crippen MR) is 353 cm³/mol. The van der Waals surface area contributed by atoms with Gasteiger partial charge in [-0.05, 0) is 51.4 Å². The van der Waals surface area contributed by atoms with Crippen LogP contribution in [0.3, 0.4) is 0 Å². The summed E-state index contributed by atoms with van der Waals surface area (Å²) >= 11 is 0. The van der Waals surface area contributed by atoms with Gasteiger partial charge >= 0.3 is 0 Å². The van der Waals surface area contributed by atoms with Gasteiger partial charge in [0.1, 0.15) is 0 Å². The van der Waals surface area contributed by atoms with Crippen molar-refractivity contribution < 1.29 is 17.5 Å². The Hall–Kier alpha value is -0.130. The van der Waals surface area contributed by atoms with Gasteiger partial charge < -0.3 is 4.48 Å². The molecule has 0 aliphatic carbocycles. The number of hydrogen-bond acceptors (Lipinski definition) is 2. The van der Waals surface area contributed by atoms with Crippen molar-refractivity contribution in [3.05, 3.63) is 0 Å². The molecule has 0 heterocycles. The number of rotatable bonds is 71. The SMILES string of the molecule is CCCCCCCCCCCCCCCCCCCCCCC[N+](CCCCCCCCCCCCCCCCCCCCCCC)(CCCCCCCCCCCCCCCCCCCCCCC)CCCCS(=O)(=O)O. The third-order valence-corrected chi connectivity index (χ3v) is 19.3. The molecule has 0 aliphatic heterocycles. The minimum atomic E-state index is -3.89. The topological polar surface area (TPSA) is 54.4 Å². The smallest absolute Gasteiger partial charge is 0.264 e. The second kappa shape index (κ2) is 66.0. The second-order valence-corrected chi connectivity index (χ2v) is 28.0. The summed E-state index contributed by atoms with van der Waals surface area (Å²) in [5, 5.41) is 0. The molecule has 0 radical (unpaired) electrons. The summed E-state index contributed by atoms with van der Waals surface area (Å²) in [6, 6.07) is 0. The quantitative estimate of drug-likeness (QED) is 0.0375.